The molecule has 0 aliphatic carbocycles. The van der Waals surface area contributed by atoms with Crippen LogP contribution < -0.4 is 4.90 Å². The van der Waals surface area contributed by atoms with Crippen LogP contribution in [0.4, 0.5) is 5.69 Å². The van der Waals surface area contributed by atoms with E-state index in [1.807, 2.05) is 31.2 Å². The number of anilines is 1. The Labute approximate surface area is 125 Å². The van der Waals surface area contributed by atoms with Gasteiger partial charge in [0.05, 0.1) is 16.8 Å². The second-order valence-corrected chi connectivity index (χ2v) is 5.79. The molecule has 1 aromatic carbocycles. The molecule has 5 heteroatoms. The first-order chi connectivity index (χ1) is 9.50. The van der Waals surface area contributed by atoms with Crippen molar-refractivity contribution in [1.29, 1.82) is 0 Å². The van der Waals surface area contributed by atoms with Crippen molar-refractivity contribution in [2.24, 2.45) is 0 Å². The minimum atomic E-state index is -0.0570. The van der Waals surface area contributed by atoms with Crippen LogP contribution in [0, 0.1) is 0 Å². The average molecular weight is 296 g/mol. The van der Waals surface area contributed by atoms with Crippen LogP contribution in [0.1, 0.15) is 6.92 Å². The van der Waals surface area contributed by atoms with Gasteiger partial charge in [-0.15, -0.1) is 0 Å². The normalized spacial score (nSPS) is 17.9. The number of piperazine rings is 1. The predicted octanol–water partition coefficient (Wildman–Crippen LogP) is 1.94. The van der Waals surface area contributed by atoms with E-state index in [1.54, 1.807) is 19.0 Å². The van der Waals surface area contributed by atoms with Crippen LogP contribution in [0.15, 0.2) is 24.3 Å². The molecule has 1 amide bonds. The molecule has 0 bridgehead atoms. The second kappa shape index (κ2) is 6.46. The summed E-state index contributed by atoms with van der Waals surface area (Å²) in [6.07, 6.45) is 0. The van der Waals surface area contributed by atoms with Crippen LogP contribution in [-0.2, 0) is 4.79 Å². The molecule has 0 aromatic heterocycles. The minimum Gasteiger partial charge on any atom is -0.368 e. The van der Waals surface area contributed by atoms with E-state index >= 15 is 0 Å². The number of carbonyl (C=O) groups is 1. The van der Waals surface area contributed by atoms with Gasteiger partial charge in [-0.25, -0.2) is 0 Å². The highest BCUT2D eigenvalue weighted by Crippen LogP contribution is 2.26. The van der Waals surface area contributed by atoms with E-state index in [9.17, 15) is 4.79 Å². The lowest BCUT2D eigenvalue weighted by molar-refractivity contribution is -0.133. The summed E-state index contributed by atoms with van der Waals surface area (Å²) in [5.41, 5.74) is 1.08. The number of hydrogen-bond acceptors (Lipinski definition) is 3. The average Bonchev–Trinajstić information content (AvgIpc) is 2.46. The van der Waals surface area contributed by atoms with Crippen LogP contribution in [0.3, 0.4) is 0 Å². The first-order valence-electron chi connectivity index (χ1n) is 6.95. The molecule has 1 heterocycles. The zero-order valence-electron chi connectivity index (χ0n) is 12.3. The highest BCUT2D eigenvalue weighted by Gasteiger charge is 2.26. The highest BCUT2D eigenvalue weighted by atomic mass is 35.5. The molecule has 0 unspecified atom stereocenters. The SMILES string of the molecule is C[C@H](C(=O)N(C)C)N1CCN(c2ccccc2Cl)CC1. The topological polar surface area (TPSA) is 26.8 Å². The summed E-state index contributed by atoms with van der Waals surface area (Å²) in [7, 11) is 3.61. The lowest BCUT2D eigenvalue weighted by Crippen LogP contribution is -2.53. The largest absolute Gasteiger partial charge is 0.368 e. The number of halogens is 1. The van der Waals surface area contributed by atoms with Gasteiger partial charge < -0.3 is 9.80 Å². The molecule has 1 fully saturated rings. The second-order valence-electron chi connectivity index (χ2n) is 5.38. The summed E-state index contributed by atoms with van der Waals surface area (Å²) >= 11 is 6.23. The Bertz CT molecular complexity index is 470. The molecule has 1 saturated heterocycles. The van der Waals surface area contributed by atoms with Gasteiger partial charge in [0.25, 0.3) is 0 Å². The van der Waals surface area contributed by atoms with Gasteiger partial charge in [-0.2, -0.15) is 0 Å². The Morgan fingerprint density at radius 1 is 1.20 bits per heavy atom. The van der Waals surface area contributed by atoms with Gasteiger partial charge in [0.15, 0.2) is 0 Å². The van der Waals surface area contributed by atoms with Crippen molar-refractivity contribution < 1.29 is 4.79 Å². The molecule has 1 aromatic rings. The number of nitrogens with zero attached hydrogens (tertiary/aromatic N) is 3. The van der Waals surface area contributed by atoms with Gasteiger partial charge in [0, 0.05) is 40.3 Å². The standard InChI is InChI=1S/C15H22ClN3O/c1-12(15(20)17(2)3)18-8-10-19(11-9-18)14-7-5-4-6-13(14)16/h4-7,12H,8-11H2,1-3H3/t12-/m1/s1. The van der Waals surface area contributed by atoms with Crippen molar-refractivity contribution in [1.82, 2.24) is 9.80 Å². The van der Waals surface area contributed by atoms with Crippen LogP contribution in [0.2, 0.25) is 5.02 Å². The molecule has 1 aliphatic rings. The molecule has 0 N–H and O–H groups in total. The summed E-state index contributed by atoms with van der Waals surface area (Å²) in [6, 6.07) is 7.86. The maximum Gasteiger partial charge on any atom is 0.239 e. The van der Waals surface area contributed by atoms with Crippen molar-refractivity contribution >= 4 is 23.2 Å². The van der Waals surface area contributed by atoms with E-state index in [0.29, 0.717) is 0 Å². The molecular formula is C15H22ClN3O. The van der Waals surface area contributed by atoms with E-state index in [4.69, 9.17) is 11.6 Å². The number of para-hydroxylation sites is 1. The van der Waals surface area contributed by atoms with Gasteiger partial charge in [0.2, 0.25) is 5.91 Å². The third-order valence-corrected chi connectivity index (χ3v) is 4.17. The third kappa shape index (κ3) is 3.25. The number of benzene rings is 1. The van der Waals surface area contributed by atoms with E-state index in [1.165, 1.54) is 0 Å². The number of amides is 1. The lowest BCUT2D eigenvalue weighted by atomic mass is 10.2. The van der Waals surface area contributed by atoms with Crippen LogP contribution in [0.25, 0.3) is 0 Å². The van der Waals surface area contributed by atoms with Crippen LogP contribution in [0.5, 0.6) is 0 Å². The van der Waals surface area contributed by atoms with Gasteiger partial charge >= 0.3 is 0 Å². The third-order valence-electron chi connectivity index (χ3n) is 3.85. The van der Waals surface area contributed by atoms with Gasteiger partial charge in [0.1, 0.15) is 0 Å². The number of rotatable bonds is 3. The maximum atomic E-state index is 12.0. The predicted molar refractivity (Wildman–Crippen MR) is 83.4 cm³/mol. The summed E-state index contributed by atoms with van der Waals surface area (Å²) < 4.78 is 0. The Hall–Kier alpha value is -1.26. The zero-order chi connectivity index (χ0) is 14.7. The van der Waals surface area contributed by atoms with Gasteiger partial charge in [-0.3, -0.25) is 9.69 Å². The molecule has 20 heavy (non-hydrogen) atoms. The van der Waals surface area contributed by atoms with E-state index in [-0.39, 0.29) is 11.9 Å². The van der Waals surface area contributed by atoms with Crippen LogP contribution >= 0.6 is 11.6 Å². The quantitative estimate of drug-likeness (QED) is 0.853. The first kappa shape index (κ1) is 15.1. The van der Waals surface area contributed by atoms with Crippen molar-refractivity contribution in [2.75, 3.05) is 45.2 Å². The molecule has 4 nitrogen and oxygen atoms in total. The number of carbonyl (C=O) groups excluding carboxylic acids is 1. The molecule has 0 saturated carbocycles. The van der Waals surface area contributed by atoms with Crippen LogP contribution in [-0.4, -0.2) is 62.0 Å². The fourth-order valence-electron chi connectivity index (χ4n) is 2.59. The van der Waals surface area contributed by atoms with Crippen molar-refractivity contribution in [3.05, 3.63) is 29.3 Å². The fraction of sp³-hybridized carbons (Fsp3) is 0.533. The fourth-order valence-corrected chi connectivity index (χ4v) is 2.84. The summed E-state index contributed by atoms with van der Waals surface area (Å²) in [6.45, 7) is 5.54. The Morgan fingerprint density at radius 2 is 1.80 bits per heavy atom. The molecular weight excluding hydrogens is 274 g/mol. The summed E-state index contributed by atoms with van der Waals surface area (Å²) in [5.74, 6) is 0.163. The highest BCUT2D eigenvalue weighted by molar-refractivity contribution is 6.33. The monoisotopic (exact) mass is 295 g/mol. The molecule has 110 valence electrons. The minimum absolute atomic E-state index is 0.0570. The Morgan fingerprint density at radius 3 is 2.35 bits per heavy atom. The van der Waals surface area contributed by atoms with Crippen molar-refractivity contribution in [2.45, 2.75) is 13.0 Å². The van der Waals surface area contributed by atoms with E-state index in [2.05, 4.69) is 9.80 Å². The zero-order valence-corrected chi connectivity index (χ0v) is 13.1. The molecule has 1 atom stereocenters. The molecule has 2 rings (SSSR count). The summed E-state index contributed by atoms with van der Waals surface area (Å²) in [5, 5.41) is 0.790. The molecule has 0 spiro atoms. The maximum absolute atomic E-state index is 12.0. The number of hydrogen-bond donors (Lipinski definition) is 0. The lowest BCUT2D eigenvalue weighted by Gasteiger charge is -2.39. The first-order valence-corrected chi connectivity index (χ1v) is 7.33. The summed E-state index contributed by atoms with van der Waals surface area (Å²) in [4.78, 5) is 18.2. The van der Waals surface area contributed by atoms with Gasteiger partial charge in [-0.1, -0.05) is 23.7 Å². The van der Waals surface area contributed by atoms with Crippen molar-refractivity contribution in [3.63, 3.8) is 0 Å². The number of likely N-dealkylation sites (N-methyl/N-ethyl adjacent to an activating group) is 1. The smallest absolute Gasteiger partial charge is 0.239 e. The Balaban J connectivity index is 1.96. The Kier molecular flexibility index (Phi) is 4.89. The molecule has 1 aliphatic heterocycles. The van der Waals surface area contributed by atoms with E-state index < -0.39 is 0 Å². The van der Waals surface area contributed by atoms with Gasteiger partial charge in [-0.05, 0) is 19.1 Å². The molecule has 0 radical (unpaired) electrons. The van der Waals surface area contributed by atoms with E-state index in [0.717, 1.165) is 36.9 Å². The van der Waals surface area contributed by atoms with Crippen molar-refractivity contribution in [3.8, 4) is 0 Å².